The van der Waals surface area contributed by atoms with Gasteiger partial charge in [0.15, 0.2) is 0 Å². The summed E-state index contributed by atoms with van der Waals surface area (Å²) in [7, 11) is 0. The summed E-state index contributed by atoms with van der Waals surface area (Å²) < 4.78 is 1.74. The van der Waals surface area contributed by atoms with Crippen LogP contribution < -0.4 is 24.8 Å². The molecule has 30 heavy (non-hydrogen) atoms. The fraction of sp³-hybridized carbons (Fsp3) is 0.333. The minimum atomic E-state index is 0. The maximum absolute atomic E-state index is 3.30. The number of halogens is 2. The Kier molecular flexibility index (Phi) is 13.8. The molecular weight excluding hydrogens is 574 g/mol. The van der Waals surface area contributed by atoms with Crippen molar-refractivity contribution in [2.45, 2.75) is 48.0 Å². The zero-order chi connectivity index (χ0) is 20.7. The van der Waals surface area contributed by atoms with Gasteiger partial charge in [0.1, 0.15) is 0 Å². The van der Waals surface area contributed by atoms with Crippen molar-refractivity contribution in [2.24, 2.45) is 11.8 Å². The summed E-state index contributed by atoms with van der Waals surface area (Å²) in [5.74, 6) is 1.64. The van der Waals surface area contributed by atoms with Gasteiger partial charge in [0, 0.05) is 0 Å². The number of aryl methyl sites for hydroxylation is 2. The van der Waals surface area contributed by atoms with Crippen molar-refractivity contribution in [1.82, 2.24) is 0 Å². The van der Waals surface area contributed by atoms with E-state index in [1.807, 2.05) is 6.07 Å². The molecule has 0 aromatic heterocycles. The largest absolute Gasteiger partial charge is 1.00 e. The van der Waals surface area contributed by atoms with Crippen molar-refractivity contribution in [3.05, 3.63) is 89.0 Å². The van der Waals surface area contributed by atoms with E-state index >= 15 is 0 Å². The number of fused-ring (bicyclic) bond motifs is 3. The van der Waals surface area contributed by atoms with Crippen molar-refractivity contribution < 1.29 is 48.7 Å². The van der Waals surface area contributed by atoms with Gasteiger partial charge in [-0.05, 0) is 6.42 Å². The summed E-state index contributed by atoms with van der Waals surface area (Å²) in [6, 6.07) is 24.5. The maximum atomic E-state index is 3.30. The third-order valence-electron chi connectivity index (χ3n) is 4.93. The van der Waals surface area contributed by atoms with Crippen LogP contribution in [0.25, 0.3) is 11.1 Å². The van der Waals surface area contributed by atoms with Gasteiger partial charge in [-0.3, -0.25) is 0 Å². The SMILES string of the molecule is CC(C)[C](=[Hf+2])C(C)C.Cc1ccc(C)[cH-]1.[Cl-].[Cl-].[c-]1cccc2c1Cc1ccccc1-2. The molecule has 0 radical (unpaired) electrons. The van der Waals surface area contributed by atoms with Gasteiger partial charge in [-0.15, -0.1) is 5.56 Å². The molecule has 1 aliphatic rings. The van der Waals surface area contributed by atoms with Gasteiger partial charge >= 0.3 is 66.7 Å². The molecule has 0 N–H and O–H groups in total. The second-order valence-electron chi connectivity index (χ2n) is 8.13. The van der Waals surface area contributed by atoms with E-state index < -0.39 is 0 Å². The summed E-state index contributed by atoms with van der Waals surface area (Å²) in [5.41, 5.74) is 8.23. The Morgan fingerprint density at radius 3 is 1.83 bits per heavy atom. The molecule has 0 aliphatic heterocycles. The van der Waals surface area contributed by atoms with Crippen molar-refractivity contribution in [3.63, 3.8) is 0 Å². The Morgan fingerprint density at radius 1 is 0.833 bits per heavy atom. The zero-order valence-corrected chi connectivity index (χ0v) is 24.0. The van der Waals surface area contributed by atoms with Crippen molar-refractivity contribution in [3.8, 4) is 11.1 Å². The first-order valence-corrected chi connectivity index (χ1v) is 11.9. The maximum Gasteiger partial charge on any atom is -0.0253 e. The fourth-order valence-electron chi connectivity index (χ4n) is 3.38. The number of rotatable bonds is 2. The summed E-state index contributed by atoms with van der Waals surface area (Å²) in [4.78, 5) is 0. The molecule has 0 unspecified atom stereocenters. The molecule has 4 rings (SSSR count). The summed E-state index contributed by atoms with van der Waals surface area (Å²) in [5, 5.41) is 0. The quantitative estimate of drug-likeness (QED) is 0.237. The van der Waals surface area contributed by atoms with E-state index in [0.29, 0.717) is 0 Å². The number of hydrogen-bond acceptors (Lipinski definition) is 0. The minimum Gasteiger partial charge on any atom is -1.00 e. The topological polar surface area (TPSA) is 0 Å². The van der Waals surface area contributed by atoms with Crippen LogP contribution >= 0.6 is 0 Å². The molecule has 160 valence electrons. The van der Waals surface area contributed by atoms with Gasteiger partial charge in [0.2, 0.25) is 0 Å². The molecule has 0 saturated heterocycles. The van der Waals surface area contributed by atoms with E-state index in [9.17, 15) is 0 Å². The molecule has 3 aromatic rings. The molecule has 1 aliphatic carbocycles. The smallest absolute Gasteiger partial charge is 0.0253 e. The standard InChI is InChI=1S/C13H9.C7H9.C7H14.2ClH.Hf/c1-3-7-12-10(5-1)9-11-6-2-4-8-13(11)12;1-6-3-4-7(2)5-6;1-6(2)5-7(3)4;;;/h1-5,7-8H,9H2;3-5H,1-2H3;6-7H,1-4H3;2*1H;/q2*-1;;;;+2/p-2. The Morgan fingerprint density at radius 2 is 1.37 bits per heavy atom. The van der Waals surface area contributed by atoms with Gasteiger partial charge < -0.3 is 24.8 Å². The van der Waals surface area contributed by atoms with Crippen LogP contribution in [0.4, 0.5) is 0 Å². The third kappa shape index (κ3) is 8.69. The second kappa shape index (κ2) is 14.2. The molecule has 0 atom stereocenters. The molecule has 3 aromatic carbocycles. The number of benzene rings is 2. The van der Waals surface area contributed by atoms with Gasteiger partial charge in [-0.25, -0.2) is 12.1 Å². The first-order chi connectivity index (χ1) is 13.3. The van der Waals surface area contributed by atoms with Crippen LogP contribution in [-0.4, -0.2) is 3.26 Å². The predicted octanol–water partition coefficient (Wildman–Crippen LogP) is 1.11. The van der Waals surface area contributed by atoms with Crippen LogP contribution in [0.5, 0.6) is 0 Å². The van der Waals surface area contributed by atoms with Crippen LogP contribution in [0.15, 0.2) is 60.7 Å². The van der Waals surface area contributed by atoms with Crippen molar-refractivity contribution in [1.29, 1.82) is 0 Å². The fourth-order valence-corrected chi connectivity index (χ4v) is 3.38. The minimum absolute atomic E-state index is 0. The van der Waals surface area contributed by atoms with Crippen LogP contribution in [0.3, 0.4) is 0 Å². The molecule has 0 bridgehead atoms. The van der Waals surface area contributed by atoms with Crippen LogP contribution in [0, 0.1) is 31.7 Å². The second-order valence-corrected chi connectivity index (χ2v) is 10.2. The number of hydrogen-bond donors (Lipinski definition) is 0. The molecule has 0 spiro atoms. The average Bonchev–Trinajstić information content (AvgIpc) is 3.24. The van der Waals surface area contributed by atoms with Gasteiger partial charge in [0.05, 0.1) is 0 Å². The predicted molar refractivity (Wildman–Crippen MR) is 120 cm³/mol. The van der Waals surface area contributed by atoms with E-state index in [-0.39, 0.29) is 24.8 Å². The molecule has 0 heterocycles. The first-order valence-electron chi connectivity index (χ1n) is 10.2. The zero-order valence-electron chi connectivity index (χ0n) is 18.9. The van der Waals surface area contributed by atoms with E-state index in [1.54, 1.807) is 3.26 Å². The van der Waals surface area contributed by atoms with Gasteiger partial charge in [0.25, 0.3) is 0 Å². The Balaban J connectivity index is 0.000000436. The van der Waals surface area contributed by atoms with Crippen molar-refractivity contribution >= 4 is 3.26 Å². The molecule has 0 nitrogen and oxygen atoms in total. The first kappa shape index (κ1) is 29.1. The van der Waals surface area contributed by atoms with Gasteiger partial charge in [-0.2, -0.15) is 47.0 Å². The van der Waals surface area contributed by atoms with Crippen LogP contribution in [0.1, 0.15) is 49.9 Å². The average molecular weight is 606 g/mol. The van der Waals surface area contributed by atoms with E-state index in [1.165, 1.54) is 57.3 Å². The Labute approximate surface area is 210 Å². The summed E-state index contributed by atoms with van der Waals surface area (Å²) in [6.07, 6.45) is 1.05. The van der Waals surface area contributed by atoms with E-state index in [0.717, 1.165) is 18.3 Å². The Bertz CT molecular complexity index is 836. The van der Waals surface area contributed by atoms with E-state index in [4.69, 9.17) is 0 Å². The van der Waals surface area contributed by atoms with Crippen LogP contribution in [-0.2, 0) is 30.3 Å². The molecule has 0 amide bonds. The van der Waals surface area contributed by atoms with Crippen molar-refractivity contribution in [2.75, 3.05) is 0 Å². The molecule has 0 fully saturated rings. The molecule has 3 heteroatoms. The Hall–Kier alpha value is -0.890. The van der Waals surface area contributed by atoms with Gasteiger partial charge in [-0.1, -0.05) is 49.2 Å². The molecule has 0 saturated carbocycles. The summed E-state index contributed by atoms with van der Waals surface area (Å²) in [6.45, 7) is 13.3. The molecular formula is C27H32Cl2Hf-2. The van der Waals surface area contributed by atoms with E-state index in [2.05, 4.69) is 102 Å². The normalized spacial score (nSPS) is 10.5. The summed E-state index contributed by atoms with van der Waals surface area (Å²) >= 11 is 1.27. The third-order valence-corrected chi connectivity index (χ3v) is 9.07. The monoisotopic (exact) mass is 606 g/mol. The van der Waals surface area contributed by atoms with Crippen LogP contribution in [0.2, 0.25) is 0 Å².